The minimum Gasteiger partial charge on any atom is -0.496 e. The third-order valence-electron chi connectivity index (χ3n) is 3.79. The van der Waals surface area contributed by atoms with Gasteiger partial charge >= 0.3 is 0 Å². The molecule has 1 unspecified atom stereocenters. The van der Waals surface area contributed by atoms with E-state index in [1.54, 1.807) is 48.5 Å². The van der Waals surface area contributed by atoms with Gasteiger partial charge < -0.3 is 14.4 Å². The van der Waals surface area contributed by atoms with E-state index in [9.17, 15) is 9.59 Å². The molecule has 24 heavy (non-hydrogen) atoms. The average Bonchev–Trinajstić information content (AvgIpc) is 2.65. The van der Waals surface area contributed by atoms with Crippen molar-refractivity contribution in [2.45, 2.75) is 6.10 Å². The zero-order chi connectivity index (χ0) is 17.1. The highest BCUT2D eigenvalue weighted by Crippen LogP contribution is 2.35. The molecule has 3 rings (SSSR count). The maximum Gasteiger partial charge on any atom is 0.276 e. The van der Waals surface area contributed by atoms with Crippen molar-refractivity contribution in [2.24, 2.45) is 5.84 Å². The van der Waals surface area contributed by atoms with Gasteiger partial charge in [0.25, 0.3) is 11.8 Å². The Kier molecular flexibility index (Phi) is 4.35. The molecule has 1 aliphatic heterocycles. The Bertz CT molecular complexity index is 778. The van der Waals surface area contributed by atoms with E-state index in [0.717, 1.165) is 0 Å². The lowest BCUT2D eigenvalue weighted by Gasteiger charge is -2.34. The molecule has 7 nitrogen and oxygen atoms in total. The van der Waals surface area contributed by atoms with Crippen molar-refractivity contribution in [3.63, 3.8) is 0 Å². The van der Waals surface area contributed by atoms with Gasteiger partial charge in [-0.2, -0.15) is 0 Å². The molecule has 2 aromatic rings. The normalized spacial score (nSPS) is 15.9. The first kappa shape index (κ1) is 15.8. The van der Waals surface area contributed by atoms with Crippen molar-refractivity contribution in [3.05, 3.63) is 54.1 Å². The third kappa shape index (κ3) is 2.77. The van der Waals surface area contributed by atoms with Crippen LogP contribution in [0.25, 0.3) is 0 Å². The van der Waals surface area contributed by atoms with Crippen LogP contribution in [0.3, 0.4) is 0 Å². The first-order chi connectivity index (χ1) is 11.7. The zero-order valence-electron chi connectivity index (χ0n) is 13.1. The van der Waals surface area contributed by atoms with Gasteiger partial charge in [0.05, 0.1) is 24.9 Å². The number of methoxy groups -OCH3 is 1. The van der Waals surface area contributed by atoms with E-state index in [0.29, 0.717) is 22.7 Å². The van der Waals surface area contributed by atoms with Crippen LogP contribution in [0.4, 0.5) is 5.69 Å². The fourth-order valence-corrected chi connectivity index (χ4v) is 2.62. The Hall–Kier alpha value is -3.06. The van der Waals surface area contributed by atoms with Gasteiger partial charge in [-0.15, -0.1) is 0 Å². The summed E-state index contributed by atoms with van der Waals surface area (Å²) in [4.78, 5) is 26.4. The number of ether oxygens (including phenoxy) is 2. The van der Waals surface area contributed by atoms with Crippen LogP contribution in [0.2, 0.25) is 0 Å². The molecule has 2 aromatic carbocycles. The summed E-state index contributed by atoms with van der Waals surface area (Å²) < 4.78 is 10.9. The first-order valence-electron chi connectivity index (χ1n) is 7.36. The molecular weight excluding hydrogens is 310 g/mol. The summed E-state index contributed by atoms with van der Waals surface area (Å²) in [6, 6.07) is 14.0. The third-order valence-corrected chi connectivity index (χ3v) is 3.79. The molecule has 2 amide bonds. The Morgan fingerprint density at radius 3 is 2.67 bits per heavy atom. The first-order valence-corrected chi connectivity index (χ1v) is 7.36. The molecule has 7 heteroatoms. The second kappa shape index (κ2) is 6.59. The highest BCUT2D eigenvalue weighted by atomic mass is 16.5. The van der Waals surface area contributed by atoms with Crippen LogP contribution in [-0.2, 0) is 4.79 Å². The van der Waals surface area contributed by atoms with Crippen LogP contribution in [0.1, 0.15) is 10.4 Å². The lowest BCUT2D eigenvalue weighted by atomic mass is 10.1. The molecule has 1 heterocycles. The standard InChI is InChI=1S/C17H17N3O4/c1-23-13-8-4-2-6-11(13)17(22)20-10-15(16(21)19-18)24-14-9-5-3-7-12(14)20/h2-9,15H,10,18H2,1H3,(H,19,21). The van der Waals surface area contributed by atoms with Crippen LogP contribution >= 0.6 is 0 Å². The maximum absolute atomic E-state index is 13.0. The zero-order valence-corrected chi connectivity index (χ0v) is 13.1. The largest absolute Gasteiger partial charge is 0.496 e. The second-order valence-electron chi connectivity index (χ2n) is 5.20. The van der Waals surface area contributed by atoms with E-state index in [-0.39, 0.29) is 12.5 Å². The molecule has 0 bridgehead atoms. The lowest BCUT2D eigenvalue weighted by molar-refractivity contribution is -0.127. The van der Waals surface area contributed by atoms with E-state index in [4.69, 9.17) is 15.3 Å². The highest BCUT2D eigenvalue weighted by Gasteiger charge is 2.34. The van der Waals surface area contributed by atoms with Crippen molar-refractivity contribution in [2.75, 3.05) is 18.6 Å². The SMILES string of the molecule is COc1ccccc1C(=O)N1CC(C(=O)NN)Oc2ccccc21. The van der Waals surface area contributed by atoms with Crippen molar-refractivity contribution >= 4 is 17.5 Å². The molecule has 3 N–H and O–H groups in total. The van der Waals surface area contributed by atoms with Gasteiger partial charge in [-0.3, -0.25) is 15.0 Å². The quantitative estimate of drug-likeness (QED) is 0.500. The van der Waals surface area contributed by atoms with Crippen molar-refractivity contribution in [3.8, 4) is 11.5 Å². The molecule has 0 saturated carbocycles. The summed E-state index contributed by atoms with van der Waals surface area (Å²) in [5.74, 6) is 5.33. The minimum atomic E-state index is -0.886. The summed E-state index contributed by atoms with van der Waals surface area (Å²) in [5.41, 5.74) is 3.06. The fourth-order valence-electron chi connectivity index (χ4n) is 2.62. The molecule has 124 valence electrons. The number of nitrogens with zero attached hydrogens (tertiary/aromatic N) is 1. The predicted molar refractivity (Wildman–Crippen MR) is 87.9 cm³/mol. The number of carbonyl (C=O) groups excluding carboxylic acids is 2. The Morgan fingerprint density at radius 2 is 1.92 bits per heavy atom. The maximum atomic E-state index is 13.0. The molecule has 0 radical (unpaired) electrons. The number of fused-ring (bicyclic) bond motifs is 1. The number of hydrogen-bond acceptors (Lipinski definition) is 5. The number of amides is 2. The molecule has 0 aromatic heterocycles. The number of para-hydroxylation sites is 3. The van der Waals surface area contributed by atoms with Gasteiger partial charge in [0, 0.05) is 0 Å². The number of rotatable bonds is 3. The number of nitrogens with one attached hydrogen (secondary N) is 1. The summed E-state index contributed by atoms with van der Waals surface area (Å²) in [6.07, 6.45) is -0.886. The van der Waals surface area contributed by atoms with Crippen molar-refractivity contribution < 1.29 is 19.1 Å². The highest BCUT2D eigenvalue weighted by molar-refractivity contribution is 6.09. The van der Waals surface area contributed by atoms with Crippen molar-refractivity contribution in [1.29, 1.82) is 0 Å². The van der Waals surface area contributed by atoms with Gasteiger partial charge in [-0.25, -0.2) is 5.84 Å². The van der Waals surface area contributed by atoms with Crippen LogP contribution in [0.15, 0.2) is 48.5 Å². The van der Waals surface area contributed by atoms with Gasteiger partial charge in [0.2, 0.25) is 0 Å². The van der Waals surface area contributed by atoms with Gasteiger partial charge in [-0.1, -0.05) is 24.3 Å². The van der Waals surface area contributed by atoms with Crippen LogP contribution < -0.4 is 25.6 Å². The molecule has 1 atom stereocenters. The molecule has 1 aliphatic rings. The van der Waals surface area contributed by atoms with Crippen LogP contribution in [0, 0.1) is 0 Å². The number of anilines is 1. The fraction of sp³-hybridized carbons (Fsp3) is 0.176. The van der Waals surface area contributed by atoms with E-state index in [2.05, 4.69) is 5.43 Å². The molecule has 0 aliphatic carbocycles. The van der Waals surface area contributed by atoms with Crippen LogP contribution in [0.5, 0.6) is 11.5 Å². The molecule has 0 fully saturated rings. The molecule has 0 spiro atoms. The minimum absolute atomic E-state index is 0.0525. The Morgan fingerprint density at radius 1 is 1.21 bits per heavy atom. The topological polar surface area (TPSA) is 93.9 Å². The number of hydrogen-bond donors (Lipinski definition) is 2. The summed E-state index contributed by atoms with van der Waals surface area (Å²) >= 11 is 0. The summed E-state index contributed by atoms with van der Waals surface area (Å²) in [7, 11) is 1.50. The van der Waals surface area contributed by atoms with Gasteiger partial charge in [0.15, 0.2) is 6.10 Å². The molecular formula is C17H17N3O4. The van der Waals surface area contributed by atoms with Gasteiger partial charge in [0.1, 0.15) is 11.5 Å². The van der Waals surface area contributed by atoms with E-state index in [1.165, 1.54) is 12.0 Å². The van der Waals surface area contributed by atoms with Gasteiger partial charge in [-0.05, 0) is 24.3 Å². The number of benzene rings is 2. The summed E-state index contributed by atoms with van der Waals surface area (Å²) in [6.45, 7) is 0.0525. The summed E-state index contributed by atoms with van der Waals surface area (Å²) in [5, 5.41) is 0. The Labute approximate surface area is 138 Å². The smallest absolute Gasteiger partial charge is 0.276 e. The number of carbonyl (C=O) groups is 2. The van der Waals surface area contributed by atoms with E-state index in [1.807, 2.05) is 0 Å². The van der Waals surface area contributed by atoms with Crippen LogP contribution in [-0.4, -0.2) is 31.6 Å². The monoisotopic (exact) mass is 327 g/mol. The average molecular weight is 327 g/mol. The predicted octanol–water partition coefficient (Wildman–Crippen LogP) is 1.09. The Balaban J connectivity index is 2.02. The van der Waals surface area contributed by atoms with E-state index < -0.39 is 12.0 Å². The van der Waals surface area contributed by atoms with E-state index >= 15 is 0 Å². The number of nitrogens with two attached hydrogens (primary N) is 1. The van der Waals surface area contributed by atoms with Crippen molar-refractivity contribution in [1.82, 2.24) is 5.43 Å². The lowest BCUT2D eigenvalue weighted by Crippen LogP contribution is -2.52. The second-order valence-corrected chi connectivity index (χ2v) is 5.20. The number of hydrazine groups is 1. The molecule has 0 saturated heterocycles.